The van der Waals surface area contributed by atoms with Crippen molar-refractivity contribution >= 4 is 11.8 Å². The lowest BCUT2D eigenvalue weighted by Crippen LogP contribution is -2.34. The average Bonchev–Trinajstić information content (AvgIpc) is 2.38. The molecule has 1 saturated carbocycles. The minimum absolute atomic E-state index is 0.0111. The summed E-state index contributed by atoms with van der Waals surface area (Å²) in [6.45, 7) is 1.64. The summed E-state index contributed by atoms with van der Waals surface area (Å²) in [5, 5.41) is 9.08. The number of nitrogens with zero attached hydrogens (tertiary/aromatic N) is 2. The van der Waals surface area contributed by atoms with Crippen LogP contribution in [0.15, 0.2) is 0 Å². The molecule has 0 radical (unpaired) electrons. The highest BCUT2D eigenvalue weighted by Crippen LogP contribution is 2.38. The molecule has 0 bridgehead atoms. The number of carboxylic acid groups (broad SMARTS) is 1. The molecule has 3 N–H and O–H groups in total. The van der Waals surface area contributed by atoms with Crippen LogP contribution in [0.25, 0.3) is 0 Å². The summed E-state index contributed by atoms with van der Waals surface area (Å²) in [6.07, 6.45) is 4.96. The van der Waals surface area contributed by atoms with E-state index in [1.54, 1.807) is 14.0 Å². The topological polar surface area (TPSA) is 98.3 Å². The largest absolute Gasteiger partial charge is 0.477 e. The van der Waals surface area contributed by atoms with E-state index in [0.29, 0.717) is 11.5 Å². The fraction of sp³-hybridized carbons (Fsp3) is 0.615. The number of aryl methyl sites for hydroxylation is 1. The Hall–Kier alpha value is -1.69. The molecule has 1 aliphatic rings. The number of anilines is 1. The van der Waals surface area contributed by atoms with Gasteiger partial charge in [-0.1, -0.05) is 19.3 Å². The van der Waals surface area contributed by atoms with Crippen molar-refractivity contribution < 1.29 is 14.6 Å². The highest BCUT2D eigenvalue weighted by atomic mass is 16.5. The lowest BCUT2D eigenvalue weighted by molar-refractivity contribution is -0.0515. The van der Waals surface area contributed by atoms with Crippen LogP contribution in [-0.4, -0.2) is 28.2 Å². The van der Waals surface area contributed by atoms with Gasteiger partial charge in [0.25, 0.3) is 0 Å². The van der Waals surface area contributed by atoms with Crippen LogP contribution in [-0.2, 0) is 10.3 Å². The lowest BCUT2D eigenvalue weighted by atomic mass is 9.83. The van der Waals surface area contributed by atoms with Crippen molar-refractivity contribution in [3.63, 3.8) is 0 Å². The molecule has 0 atom stereocenters. The number of nitrogens with two attached hydrogens (primary N) is 1. The molecule has 6 nitrogen and oxygen atoms in total. The van der Waals surface area contributed by atoms with E-state index >= 15 is 0 Å². The van der Waals surface area contributed by atoms with Crippen LogP contribution in [0.4, 0.5) is 5.82 Å². The van der Waals surface area contributed by atoms with E-state index in [0.717, 1.165) is 25.7 Å². The van der Waals surface area contributed by atoms with Gasteiger partial charge in [0, 0.05) is 7.11 Å². The van der Waals surface area contributed by atoms with Gasteiger partial charge in [0.05, 0.1) is 5.69 Å². The number of carboxylic acids is 1. The predicted molar refractivity (Wildman–Crippen MR) is 69.9 cm³/mol. The molecule has 0 saturated heterocycles. The Morgan fingerprint density at radius 2 is 1.95 bits per heavy atom. The SMILES string of the molecule is COC1(c2nc(C)c(C(=O)O)c(N)n2)CCCCC1. The van der Waals surface area contributed by atoms with Crippen molar-refractivity contribution in [1.82, 2.24) is 9.97 Å². The second kappa shape index (κ2) is 5.13. The van der Waals surface area contributed by atoms with E-state index in [1.165, 1.54) is 6.42 Å². The second-order valence-electron chi connectivity index (χ2n) is 4.96. The van der Waals surface area contributed by atoms with Gasteiger partial charge in [-0.25, -0.2) is 14.8 Å². The van der Waals surface area contributed by atoms with Crippen molar-refractivity contribution in [2.24, 2.45) is 0 Å². The van der Waals surface area contributed by atoms with Gasteiger partial charge in [0.15, 0.2) is 5.82 Å². The molecule has 6 heteroatoms. The number of nitrogen functional groups attached to an aromatic ring is 1. The number of ether oxygens (including phenoxy) is 1. The Morgan fingerprint density at radius 1 is 1.32 bits per heavy atom. The third kappa shape index (κ3) is 2.40. The van der Waals surface area contributed by atoms with Crippen molar-refractivity contribution in [3.8, 4) is 0 Å². The van der Waals surface area contributed by atoms with E-state index in [4.69, 9.17) is 15.6 Å². The number of aromatic carboxylic acids is 1. The molecular weight excluding hydrogens is 246 g/mol. The van der Waals surface area contributed by atoms with Crippen LogP contribution in [0, 0.1) is 6.92 Å². The van der Waals surface area contributed by atoms with Crippen molar-refractivity contribution in [3.05, 3.63) is 17.1 Å². The number of methoxy groups -OCH3 is 1. The maximum absolute atomic E-state index is 11.1. The van der Waals surface area contributed by atoms with E-state index in [9.17, 15) is 4.79 Å². The summed E-state index contributed by atoms with van der Waals surface area (Å²) in [7, 11) is 1.64. The first-order valence-electron chi connectivity index (χ1n) is 6.43. The van der Waals surface area contributed by atoms with Gasteiger partial charge < -0.3 is 15.6 Å². The van der Waals surface area contributed by atoms with Crippen molar-refractivity contribution in [2.75, 3.05) is 12.8 Å². The number of aromatic nitrogens is 2. The van der Waals surface area contributed by atoms with E-state index < -0.39 is 11.6 Å². The lowest BCUT2D eigenvalue weighted by Gasteiger charge is -2.34. The van der Waals surface area contributed by atoms with Crippen LogP contribution in [0.2, 0.25) is 0 Å². The summed E-state index contributed by atoms with van der Waals surface area (Å²) >= 11 is 0. The monoisotopic (exact) mass is 265 g/mol. The molecule has 1 aliphatic carbocycles. The van der Waals surface area contributed by atoms with Gasteiger partial charge in [0.2, 0.25) is 0 Å². The van der Waals surface area contributed by atoms with E-state index in [-0.39, 0.29) is 11.4 Å². The Kier molecular flexibility index (Phi) is 3.71. The zero-order chi connectivity index (χ0) is 14.0. The molecule has 2 rings (SSSR count). The van der Waals surface area contributed by atoms with Crippen LogP contribution < -0.4 is 5.73 Å². The molecule has 1 heterocycles. The van der Waals surface area contributed by atoms with Gasteiger partial charge in [-0.05, 0) is 19.8 Å². The Labute approximate surface area is 112 Å². The molecule has 0 unspecified atom stereocenters. The Morgan fingerprint density at radius 3 is 2.42 bits per heavy atom. The summed E-state index contributed by atoms with van der Waals surface area (Å²) in [4.78, 5) is 19.6. The maximum Gasteiger partial charge on any atom is 0.341 e. The average molecular weight is 265 g/mol. The summed E-state index contributed by atoms with van der Waals surface area (Å²) < 4.78 is 5.65. The Bertz CT molecular complexity index is 473. The standard InChI is InChI=1S/C13H19N3O3/c1-8-9(11(17)18)10(14)16-12(15-8)13(19-2)6-4-3-5-7-13/h3-7H2,1-2H3,(H,17,18)(H2,14,15,16). The predicted octanol–water partition coefficient (Wildman–Crippen LogP) is 1.87. The highest BCUT2D eigenvalue weighted by Gasteiger charge is 2.37. The fourth-order valence-corrected chi connectivity index (χ4v) is 2.71. The molecule has 0 aromatic carbocycles. The molecule has 1 fully saturated rings. The minimum atomic E-state index is -1.10. The van der Waals surface area contributed by atoms with Gasteiger partial charge in [-0.2, -0.15) is 0 Å². The number of hydrogen-bond donors (Lipinski definition) is 2. The first kappa shape index (κ1) is 13.7. The van der Waals surface area contributed by atoms with Gasteiger partial charge in [0.1, 0.15) is 17.0 Å². The smallest absolute Gasteiger partial charge is 0.341 e. The van der Waals surface area contributed by atoms with Gasteiger partial charge >= 0.3 is 5.97 Å². The molecule has 1 aromatic rings. The van der Waals surface area contributed by atoms with Crippen LogP contribution >= 0.6 is 0 Å². The van der Waals surface area contributed by atoms with Crippen LogP contribution in [0.3, 0.4) is 0 Å². The number of hydrogen-bond acceptors (Lipinski definition) is 5. The molecule has 0 amide bonds. The van der Waals surface area contributed by atoms with Crippen molar-refractivity contribution in [2.45, 2.75) is 44.6 Å². The third-order valence-electron chi connectivity index (χ3n) is 3.79. The summed E-state index contributed by atoms with van der Waals surface area (Å²) in [5.41, 5.74) is 5.60. The molecule has 0 spiro atoms. The first-order chi connectivity index (χ1) is 9.00. The summed E-state index contributed by atoms with van der Waals surface area (Å²) in [6, 6.07) is 0. The molecule has 104 valence electrons. The molecule has 1 aromatic heterocycles. The molecule has 19 heavy (non-hydrogen) atoms. The van der Waals surface area contributed by atoms with Crippen LogP contribution in [0.5, 0.6) is 0 Å². The zero-order valence-corrected chi connectivity index (χ0v) is 11.3. The molecular formula is C13H19N3O3. The highest BCUT2D eigenvalue weighted by molar-refractivity contribution is 5.93. The van der Waals surface area contributed by atoms with Crippen molar-refractivity contribution in [1.29, 1.82) is 0 Å². The van der Waals surface area contributed by atoms with E-state index in [1.807, 2.05) is 0 Å². The Balaban J connectivity index is 2.48. The third-order valence-corrected chi connectivity index (χ3v) is 3.79. The zero-order valence-electron chi connectivity index (χ0n) is 11.3. The van der Waals surface area contributed by atoms with E-state index in [2.05, 4.69) is 9.97 Å². The van der Waals surface area contributed by atoms with Gasteiger partial charge in [-0.15, -0.1) is 0 Å². The minimum Gasteiger partial charge on any atom is -0.477 e. The second-order valence-corrected chi connectivity index (χ2v) is 4.96. The number of carbonyl (C=O) groups is 1. The fourth-order valence-electron chi connectivity index (χ4n) is 2.71. The normalized spacial score (nSPS) is 18.2. The number of rotatable bonds is 3. The maximum atomic E-state index is 11.1. The quantitative estimate of drug-likeness (QED) is 0.865. The molecule has 0 aliphatic heterocycles. The first-order valence-corrected chi connectivity index (χ1v) is 6.43. The summed E-state index contributed by atoms with van der Waals surface area (Å²) in [5.74, 6) is -0.580. The van der Waals surface area contributed by atoms with Crippen LogP contribution in [0.1, 0.15) is 54.0 Å². The van der Waals surface area contributed by atoms with Gasteiger partial charge in [-0.3, -0.25) is 0 Å².